The third-order valence-corrected chi connectivity index (χ3v) is 3.13. The lowest BCUT2D eigenvalue weighted by Gasteiger charge is -2.13. The molecule has 1 aromatic heterocycles. The zero-order valence-corrected chi connectivity index (χ0v) is 13.2. The molecule has 0 fully saturated rings. The number of nitriles is 1. The molecule has 116 valence electrons. The van der Waals surface area contributed by atoms with E-state index in [-0.39, 0.29) is 0 Å². The lowest BCUT2D eigenvalue weighted by Crippen LogP contribution is -2.05. The summed E-state index contributed by atoms with van der Waals surface area (Å²) >= 11 is 0. The number of rotatable bonds is 7. The number of aromatic nitrogens is 3. The minimum atomic E-state index is 0.369. The van der Waals surface area contributed by atoms with Crippen molar-refractivity contribution in [1.82, 2.24) is 15.0 Å². The van der Waals surface area contributed by atoms with Crippen LogP contribution < -0.4 is 9.47 Å². The van der Waals surface area contributed by atoms with Crippen molar-refractivity contribution in [3.8, 4) is 23.3 Å². The molecule has 0 saturated heterocycles. The fourth-order valence-corrected chi connectivity index (χ4v) is 2.23. The molecule has 0 spiro atoms. The summed E-state index contributed by atoms with van der Waals surface area (Å²) in [4.78, 5) is 0. The molecular formula is C16H20N4O2. The molecule has 6 nitrogen and oxygen atoms in total. The quantitative estimate of drug-likeness (QED) is 0.786. The Balaban J connectivity index is 2.47. The lowest BCUT2D eigenvalue weighted by molar-refractivity contribution is 0.287. The predicted octanol–water partition coefficient (Wildman–Crippen LogP) is 2.89. The highest BCUT2D eigenvalue weighted by Gasteiger charge is 2.15. The fourth-order valence-electron chi connectivity index (χ4n) is 2.23. The molecule has 0 aliphatic rings. The molecule has 0 aliphatic carbocycles. The van der Waals surface area contributed by atoms with E-state index in [9.17, 15) is 0 Å². The second-order valence-corrected chi connectivity index (χ2v) is 4.66. The van der Waals surface area contributed by atoms with Crippen molar-refractivity contribution >= 4 is 0 Å². The topological polar surface area (TPSA) is 73.0 Å². The largest absolute Gasteiger partial charge is 0.490 e. The standard InChI is InChI=1S/C16H20N4O2/c1-4-7-14-13(11-17)18-19-20(14)12-8-9-15(21-5-2)16(10-12)22-6-3/h8-10H,4-7H2,1-3H3. The van der Waals surface area contributed by atoms with E-state index in [2.05, 4.69) is 23.3 Å². The van der Waals surface area contributed by atoms with Crippen LogP contribution in [0, 0.1) is 11.3 Å². The first-order valence-corrected chi connectivity index (χ1v) is 7.49. The van der Waals surface area contributed by atoms with Crippen LogP contribution >= 0.6 is 0 Å². The molecule has 1 aromatic carbocycles. The van der Waals surface area contributed by atoms with E-state index in [0.717, 1.165) is 24.2 Å². The number of hydrogen-bond donors (Lipinski definition) is 0. The fraction of sp³-hybridized carbons (Fsp3) is 0.438. The van der Waals surface area contributed by atoms with E-state index in [1.165, 1.54) is 0 Å². The molecule has 0 amide bonds. The molecule has 2 aromatic rings. The Morgan fingerprint density at radius 3 is 2.50 bits per heavy atom. The van der Waals surface area contributed by atoms with Gasteiger partial charge in [-0.25, -0.2) is 4.68 Å². The Hall–Kier alpha value is -2.55. The first kappa shape index (κ1) is 15.8. The van der Waals surface area contributed by atoms with E-state index in [4.69, 9.17) is 14.7 Å². The number of benzene rings is 1. The summed E-state index contributed by atoms with van der Waals surface area (Å²) in [7, 11) is 0. The minimum absolute atomic E-state index is 0.369. The minimum Gasteiger partial charge on any atom is -0.490 e. The molecular weight excluding hydrogens is 280 g/mol. The second-order valence-electron chi connectivity index (χ2n) is 4.66. The van der Waals surface area contributed by atoms with Crippen LogP contribution in [0.3, 0.4) is 0 Å². The van der Waals surface area contributed by atoms with E-state index < -0.39 is 0 Å². The van der Waals surface area contributed by atoms with E-state index in [0.29, 0.717) is 30.4 Å². The number of ether oxygens (including phenoxy) is 2. The Kier molecular flexibility index (Phi) is 5.37. The SMILES string of the molecule is CCCc1c(C#N)nnn1-c1ccc(OCC)c(OCC)c1. The zero-order chi connectivity index (χ0) is 15.9. The van der Waals surface area contributed by atoms with Crippen molar-refractivity contribution in [3.05, 3.63) is 29.6 Å². The molecule has 0 atom stereocenters. The molecule has 0 unspecified atom stereocenters. The van der Waals surface area contributed by atoms with Gasteiger partial charge in [-0.05, 0) is 32.4 Å². The highest BCUT2D eigenvalue weighted by atomic mass is 16.5. The summed E-state index contributed by atoms with van der Waals surface area (Å²) in [6, 6.07) is 7.70. The Morgan fingerprint density at radius 2 is 1.86 bits per heavy atom. The predicted molar refractivity (Wildman–Crippen MR) is 82.4 cm³/mol. The van der Waals surface area contributed by atoms with Gasteiger partial charge in [-0.2, -0.15) is 5.26 Å². The van der Waals surface area contributed by atoms with Crippen LogP contribution in [0.15, 0.2) is 18.2 Å². The van der Waals surface area contributed by atoms with Crippen LogP contribution in [-0.4, -0.2) is 28.2 Å². The van der Waals surface area contributed by atoms with Gasteiger partial charge in [0.2, 0.25) is 0 Å². The molecule has 0 N–H and O–H groups in total. The van der Waals surface area contributed by atoms with Crippen molar-refractivity contribution in [2.45, 2.75) is 33.6 Å². The van der Waals surface area contributed by atoms with E-state index >= 15 is 0 Å². The molecule has 6 heteroatoms. The van der Waals surface area contributed by atoms with E-state index in [1.807, 2.05) is 32.0 Å². The molecule has 2 rings (SSSR count). The van der Waals surface area contributed by atoms with Crippen LogP contribution in [0.5, 0.6) is 11.5 Å². The second kappa shape index (κ2) is 7.46. The van der Waals surface area contributed by atoms with E-state index in [1.54, 1.807) is 4.68 Å². The summed E-state index contributed by atoms with van der Waals surface area (Å²) in [5, 5.41) is 17.2. The van der Waals surface area contributed by atoms with Gasteiger partial charge < -0.3 is 9.47 Å². The average molecular weight is 300 g/mol. The third kappa shape index (κ3) is 3.19. The highest BCUT2D eigenvalue weighted by molar-refractivity contribution is 5.49. The van der Waals surface area contributed by atoms with Gasteiger partial charge in [0.05, 0.1) is 24.6 Å². The highest BCUT2D eigenvalue weighted by Crippen LogP contribution is 2.30. The zero-order valence-electron chi connectivity index (χ0n) is 13.2. The maximum Gasteiger partial charge on any atom is 0.186 e. The number of nitrogens with zero attached hydrogens (tertiary/aromatic N) is 4. The summed E-state index contributed by atoms with van der Waals surface area (Å²) in [5.74, 6) is 1.36. The Morgan fingerprint density at radius 1 is 1.14 bits per heavy atom. The molecule has 0 radical (unpaired) electrons. The van der Waals surface area contributed by atoms with Crippen molar-refractivity contribution in [2.75, 3.05) is 13.2 Å². The van der Waals surface area contributed by atoms with Gasteiger partial charge in [-0.3, -0.25) is 0 Å². The van der Waals surface area contributed by atoms with Gasteiger partial charge in [0.1, 0.15) is 6.07 Å². The Bertz CT molecular complexity index is 673. The monoisotopic (exact) mass is 300 g/mol. The lowest BCUT2D eigenvalue weighted by atomic mass is 10.2. The van der Waals surface area contributed by atoms with Crippen molar-refractivity contribution < 1.29 is 9.47 Å². The average Bonchev–Trinajstić information content (AvgIpc) is 2.93. The van der Waals surface area contributed by atoms with Crippen LogP contribution in [0.2, 0.25) is 0 Å². The Labute approximate surface area is 130 Å². The van der Waals surface area contributed by atoms with Crippen LogP contribution in [0.1, 0.15) is 38.6 Å². The van der Waals surface area contributed by atoms with Crippen molar-refractivity contribution in [2.24, 2.45) is 0 Å². The smallest absolute Gasteiger partial charge is 0.186 e. The molecule has 0 bridgehead atoms. The van der Waals surface area contributed by atoms with Gasteiger partial charge in [0, 0.05) is 6.07 Å². The van der Waals surface area contributed by atoms with Gasteiger partial charge in [0.25, 0.3) is 0 Å². The summed E-state index contributed by atoms with van der Waals surface area (Å²) in [6.07, 6.45) is 1.66. The molecule has 1 heterocycles. The van der Waals surface area contributed by atoms with Gasteiger partial charge in [-0.1, -0.05) is 18.6 Å². The summed E-state index contributed by atoms with van der Waals surface area (Å²) < 4.78 is 12.9. The van der Waals surface area contributed by atoms with Crippen LogP contribution in [0.4, 0.5) is 0 Å². The van der Waals surface area contributed by atoms with Gasteiger partial charge >= 0.3 is 0 Å². The van der Waals surface area contributed by atoms with Gasteiger partial charge in [0.15, 0.2) is 17.2 Å². The van der Waals surface area contributed by atoms with Crippen molar-refractivity contribution in [1.29, 1.82) is 5.26 Å². The van der Waals surface area contributed by atoms with Gasteiger partial charge in [-0.15, -0.1) is 5.10 Å². The van der Waals surface area contributed by atoms with Crippen LogP contribution in [0.25, 0.3) is 5.69 Å². The summed E-state index contributed by atoms with van der Waals surface area (Å²) in [6.45, 7) is 7.03. The number of hydrogen-bond acceptors (Lipinski definition) is 5. The van der Waals surface area contributed by atoms with Crippen molar-refractivity contribution in [3.63, 3.8) is 0 Å². The third-order valence-electron chi connectivity index (χ3n) is 3.13. The van der Waals surface area contributed by atoms with Crippen LogP contribution in [-0.2, 0) is 6.42 Å². The molecule has 0 aliphatic heterocycles. The maximum absolute atomic E-state index is 9.15. The summed E-state index contributed by atoms with van der Waals surface area (Å²) in [5.41, 5.74) is 2.00. The maximum atomic E-state index is 9.15. The molecule has 0 saturated carbocycles. The molecule has 22 heavy (non-hydrogen) atoms. The normalized spacial score (nSPS) is 10.3. The first-order chi connectivity index (χ1) is 10.7. The first-order valence-electron chi connectivity index (χ1n) is 7.49.